The van der Waals surface area contributed by atoms with E-state index in [0.717, 1.165) is 57.9 Å². The van der Waals surface area contributed by atoms with E-state index in [4.69, 9.17) is 9.97 Å². The third-order valence-corrected chi connectivity index (χ3v) is 10.2. The van der Waals surface area contributed by atoms with E-state index in [2.05, 4.69) is 200 Å². The summed E-state index contributed by atoms with van der Waals surface area (Å²) in [4.78, 5) is 10.5. The summed E-state index contributed by atoms with van der Waals surface area (Å²) in [6.45, 7) is 0. The molecule has 0 N–H and O–H groups in total. The molecule has 0 radical (unpaired) electrons. The molecule has 0 unspecified atom stereocenters. The zero-order valence-corrected chi connectivity index (χ0v) is 29.9. The van der Waals surface area contributed by atoms with E-state index in [-0.39, 0.29) is 0 Å². The molecule has 1 aliphatic carbocycles. The van der Waals surface area contributed by atoms with Crippen LogP contribution < -0.4 is 0 Å². The SMILES string of the molecule is C1=CCCC(c2cc(-c3ccccc3-c3cc(-c4ccccc4)c(-c4ccccc4)c(-c4ccccc4)c3-c3ccccc3)nc(-c3ccccc3)n2)=C1. The third kappa shape index (κ3) is 6.51. The van der Waals surface area contributed by atoms with Crippen molar-refractivity contribution in [3.05, 3.63) is 212 Å². The van der Waals surface area contributed by atoms with Gasteiger partial charge in [0.1, 0.15) is 0 Å². The molecule has 2 heteroatoms. The van der Waals surface area contributed by atoms with Crippen LogP contribution in [0.3, 0.4) is 0 Å². The van der Waals surface area contributed by atoms with Gasteiger partial charge < -0.3 is 0 Å². The van der Waals surface area contributed by atoms with Crippen molar-refractivity contribution < 1.29 is 0 Å². The maximum atomic E-state index is 5.33. The monoisotopic (exact) mass is 690 g/mol. The first kappa shape index (κ1) is 33.0. The fraction of sp³-hybridized carbons (Fsp3) is 0.0385. The number of nitrogens with zero attached hydrogens (tertiary/aromatic N) is 2. The molecule has 9 rings (SSSR count). The fourth-order valence-corrected chi connectivity index (χ4v) is 7.67. The predicted molar refractivity (Wildman–Crippen MR) is 226 cm³/mol. The van der Waals surface area contributed by atoms with E-state index in [9.17, 15) is 0 Å². The Morgan fingerprint density at radius 1 is 0.352 bits per heavy atom. The molecule has 0 saturated heterocycles. The lowest BCUT2D eigenvalue weighted by Gasteiger charge is -2.25. The Balaban J connectivity index is 1.40. The molecule has 8 aromatic rings. The molecule has 0 atom stereocenters. The molecular formula is C52H38N2. The van der Waals surface area contributed by atoms with Crippen molar-refractivity contribution >= 4 is 5.57 Å². The van der Waals surface area contributed by atoms with Gasteiger partial charge in [-0.2, -0.15) is 0 Å². The quantitative estimate of drug-likeness (QED) is 0.159. The highest BCUT2D eigenvalue weighted by atomic mass is 14.9. The second kappa shape index (κ2) is 15.0. The highest BCUT2D eigenvalue weighted by Crippen LogP contribution is 2.51. The standard InChI is InChI=1S/C52H38N2/c1-7-21-37(22-8-1)45-35-46(50(40-27-13-4-14-28-40)51(41-29-15-5-16-30-41)49(45)39-25-11-3-12-26-39)43-33-19-20-34-44(43)48-36-47(38-23-9-2-10-24-38)53-52(54-48)42-31-17-6-18-32-42/h1-9,11-23,25-36H,10,24H2. The van der Waals surface area contributed by atoms with E-state index >= 15 is 0 Å². The van der Waals surface area contributed by atoms with Gasteiger partial charge in [0.15, 0.2) is 5.82 Å². The van der Waals surface area contributed by atoms with Crippen LogP contribution in [0.15, 0.2) is 206 Å². The molecule has 0 bridgehead atoms. The van der Waals surface area contributed by atoms with Crippen molar-refractivity contribution in [2.45, 2.75) is 12.8 Å². The van der Waals surface area contributed by atoms with Crippen LogP contribution in [0.5, 0.6) is 0 Å². The first-order valence-corrected chi connectivity index (χ1v) is 18.6. The molecule has 1 aliphatic rings. The van der Waals surface area contributed by atoms with Crippen molar-refractivity contribution in [3.63, 3.8) is 0 Å². The van der Waals surface area contributed by atoms with Gasteiger partial charge in [0, 0.05) is 11.1 Å². The number of benzene rings is 7. The minimum absolute atomic E-state index is 0.728. The maximum Gasteiger partial charge on any atom is 0.160 e. The van der Waals surface area contributed by atoms with E-state index in [1.54, 1.807) is 0 Å². The van der Waals surface area contributed by atoms with Crippen LogP contribution in [0.2, 0.25) is 0 Å². The van der Waals surface area contributed by atoms with Crippen molar-refractivity contribution in [2.24, 2.45) is 0 Å². The van der Waals surface area contributed by atoms with Crippen molar-refractivity contribution in [1.82, 2.24) is 9.97 Å². The minimum atomic E-state index is 0.728. The molecule has 1 heterocycles. The Morgan fingerprint density at radius 2 is 0.815 bits per heavy atom. The van der Waals surface area contributed by atoms with Gasteiger partial charge in [0.05, 0.1) is 11.4 Å². The van der Waals surface area contributed by atoms with E-state index < -0.39 is 0 Å². The van der Waals surface area contributed by atoms with Crippen LogP contribution in [-0.4, -0.2) is 9.97 Å². The summed E-state index contributed by atoms with van der Waals surface area (Å²) in [6.07, 6.45) is 8.51. The average molecular weight is 691 g/mol. The van der Waals surface area contributed by atoms with E-state index in [1.165, 1.54) is 44.5 Å². The summed E-state index contributed by atoms with van der Waals surface area (Å²) in [5.74, 6) is 0.728. The fourth-order valence-electron chi connectivity index (χ4n) is 7.67. The highest BCUT2D eigenvalue weighted by molar-refractivity contribution is 6.08. The number of rotatable bonds is 8. The molecule has 0 saturated carbocycles. The third-order valence-electron chi connectivity index (χ3n) is 10.2. The first-order valence-electron chi connectivity index (χ1n) is 18.6. The Hall–Kier alpha value is -6.90. The lowest BCUT2D eigenvalue weighted by Crippen LogP contribution is -2.01. The summed E-state index contributed by atoms with van der Waals surface area (Å²) in [6, 6.07) is 67.1. The smallest absolute Gasteiger partial charge is 0.160 e. The predicted octanol–water partition coefficient (Wildman–Crippen LogP) is 13.9. The molecule has 54 heavy (non-hydrogen) atoms. The Labute approximate surface area is 317 Å². The van der Waals surface area contributed by atoms with Gasteiger partial charge in [-0.05, 0) is 86.2 Å². The molecular weight excluding hydrogens is 653 g/mol. The molecule has 0 amide bonds. The molecule has 7 aromatic carbocycles. The minimum Gasteiger partial charge on any atom is -0.228 e. The molecule has 1 aromatic heterocycles. The van der Waals surface area contributed by atoms with Gasteiger partial charge in [0.25, 0.3) is 0 Å². The lowest BCUT2D eigenvalue weighted by molar-refractivity contribution is 1.03. The van der Waals surface area contributed by atoms with Crippen LogP contribution in [0.25, 0.3) is 83.9 Å². The second-order valence-corrected chi connectivity index (χ2v) is 13.6. The van der Waals surface area contributed by atoms with Crippen LogP contribution in [-0.2, 0) is 0 Å². The number of hydrogen-bond acceptors (Lipinski definition) is 2. The molecule has 2 nitrogen and oxygen atoms in total. The summed E-state index contributed by atoms with van der Waals surface area (Å²) < 4.78 is 0. The molecule has 0 aliphatic heterocycles. The maximum absolute atomic E-state index is 5.33. The van der Waals surface area contributed by atoms with Crippen LogP contribution in [0, 0.1) is 0 Å². The molecule has 256 valence electrons. The highest BCUT2D eigenvalue weighted by Gasteiger charge is 2.25. The Kier molecular flexibility index (Phi) is 9.15. The van der Waals surface area contributed by atoms with E-state index in [1.807, 2.05) is 6.07 Å². The lowest BCUT2D eigenvalue weighted by atomic mass is 9.78. The van der Waals surface area contributed by atoms with Gasteiger partial charge in [-0.1, -0.05) is 194 Å². The van der Waals surface area contributed by atoms with E-state index in [0.29, 0.717) is 0 Å². The van der Waals surface area contributed by atoms with Gasteiger partial charge in [-0.25, -0.2) is 9.97 Å². The average Bonchev–Trinajstić information content (AvgIpc) is 3.27. The topological polar surface area (TPSA) is 25.8 Å². The zero-order valence-electron chi connectivity index (χ0n) is 29.9. The van der Waals surface area contributed by atoms with Gasteiger partial charge in [-0.15, -0.1) is 0 Å². The van der Waals surface area contributed by atoms with Crippen LogP contribution in [0.1, 0.15) is 18.5 Å². The summed E-state index contributed by atoms with van der Waals surface area (Å²) in [5, 5.41) is 0. The zero-order chi connectivity index (χ0) is 36.1. The van der Waals surface area contributed by atoms with Crippen molar-refractivity contribution in [3.8, 4) is 78.3 Å². The van der Waals surface area contributed by atoms with Gasteiger partial charge in [-0.3, -0.25) is 0 Å². The van der Waals surface area contributed by atoms with Crippen molar-refractivity contribution in [2.75, 3.05) is 0 Å². The van der Waals surface area contributed by atoms with Crippen LogP contribution in [0.4, 0.5) is 0 Å². The number of aromatic nitrogens is 2. The van der Waals surface area contributed by atoms with Gasteiger partial charge >= 0.3 is 0 Å². The second-order valence-electron chi connectivity index (χ2n) is 13.6. The Bertz CT molecular complexity index is 2610. The largest absolute Gasteiger partial charge is 0.228 e. The van der Waals surface area contributed by atoms with Crippen molar-refractivity contribution in [1.29, 1.82) is 0 Å². The first-order chi connectivity index (χ1) is 26.8. The molecule has 0 spiro atoms. The summed E-state index contributed by atoms with van der Waals surface area (Å²) in [7, 11) is 0. The number of allylic oxidation sites excluding steroid dienone is 4. The summed E-state index contributed by atoms with van der Waals surface area (Å²) in [5.41, 5.74) is 16.9. The normalized spacial score (nSPS) is 12.3. The number of hydrogen-bond donors (Lipinski definition) is 0. The molecule has 0 fully saturated rings. The van der Waals surface area contributed by atoms with Gasteiger partial charge in [0.2, 0.25) is 0 Å². The summed E-state index contributed by atoms with van der Waals surface area (Å²) >= 11 is 0. The van der Waals surface area contributed by atoms with Crippen LogP contribution >= 0.6 is 0 Å². The Morgan fingerprint density at radius 3 is 1.37 bits per heavy atom.